The molecule has 2 aromatic heterocycles. The van der Waals surface area contributed by atoms with Crippen LogP contribution in [0.5, 0.6) is 17.2 Å². The van der Waals surface area contributed by atoms with Crippen molar-refractivity contribution in [3.05, 3.63) is 53.2 Å². The van der Waals surface area contributed by atoms with Gasteiger partial charge in [-0.15, -0.1) is 5.10 Å². The monoisotopic (exact) mass is 478 g/mol. The number of nitrogens with zero attached hydrogens (tertiary/aromatic N) is 6. The maximum absolute atomic E-state index is 13.0. The third-order valence-corrected chi connectivity index (χ3v) is 5.01. The van der Waals surface area contributed by atoms with Crippen molar-refractivity contribution < 1.29 is 23.6 Å². The summed E-state index contributed by atoms with van der Waals surface area (Å²) in [6.07, 6.45) is 1.41. The molecule has 13 heteroatoms. The Morgan fingerprint density at radius 2 is 1.80 bits per heavy atom. The Kier molecular flexibility index (Phi) is 6.57. The van der Waals surface area contributed by atoms with Crippen LogP contribution in [0.25, 0.3) is 17.1 Å². The van der Waals surface area contributed by atoms with Crippen LogP contribution >= 0.6 is 0 Å². The number of carbonyl (C=O) groups is 1. The highest BCUT2D eigenvalue weighted by Gasteiger charge is 2.25. The number of aromatic nitrogens is 5. The first-order valence-corrected chi connectivity index (χ1v) is 10.2. The predicted octanol–water partition coefficient (Wildman–Crippen LogP) is 2.00. The van der Waals surface area contributed by atoms with Crippen LogP contribution in [0.1, 0.15) is 21.6 Å². The maximum atomic E-state index is 13.0. The summed E-state index contributed by atoms with van der Waals surface area (Å²) in [6, 6.07) is 10.8. The molecule has 0 spiro atoms. The topological polar surface area (TPSA) is 165 Å². The highest BCUT2D eigenvalue weighted by Crippen LogP contribution is 2.39. The second kappa shape index (κ2) is 9.91. The summed E-state index contributed by atoms with van der Waals surface area (Å²) < 4.78 is 22.0. The molecule has 0 aliphatic carbocycles. The summed E-state index contributed by atoms with van der Waals surface area (Å²) >= 11 is 0. The summed E-state index contributed by atoms with van der Waals surface area (Å²) in [5, 5.41) is 19.4. The third-order valence-electron chi connectivity index (χ3n) is 5.01. The number of carbonyl (C=O) groups excluding carboxylic acids is 1. The number of ether oxygens (including phenoxy) is 3. The van der Waals surface area contributed by atoms with E-state index in [2.05, 4.69) is 35.8 Å². The summed E-state index contributed by atoms with van der Waals surface area (Å²) in [4.78, 5) is 13.0. The summed E-state index contributed by atoms with van der Waals surface area (Å²) in [5.41, 5.74) is 10.9. The first-order valence-electron chi connectivity index (χ1n) is 10.2. The molecule has 4 rings (SSSR count). The predicted molar refractivity (Wildman–Crippen MR) is 125 cm³/mol. The first-order chi connectivity index (χ1) is 17.0. The number of aryl methyl sites for hydroxylation is 1. The Hall–Kier alpha value is -4.94. The van der Waals surface area contributed by atoms with Gasteiger partial charge in [0.25, 0.3) is 5.91 Å². The van der Waals surface area contributed by atoms with Crippen molar-refractivity contribution in [1.82, 2.24) is 30.7 Å². The fourth-order valence-electron chi connectivity index (χ4n) is 3.33. The summed E-state index contributed by atoms with van der Waals surface area (Å²) in [7, 11) is 4.51. The van der Waals surface area contributed by atoms with Crippen molar-refractivity contribution >= 4 is 17.9 Å². The lowest BCUT2D eigenvalue weighted by Crippen LogP contribution is -2.19. The zero-order valence-electron chi connectivity index (χ0n) is 19.3. The van der Waals surface area contributed by atoms with Gasteiger partial charge in [0.2, 0.25) is 17.4 Å². The molecule has 180 valence electrons. The van der Waals surface area contributed by atoms with Gasteiger partial charge in [0.05, 0.1) is 27.5 Å². The molecule has 3 N–H and O–H groups in total. The van der Waals surface area contributed by atoms with Crippen LogP contribution in [0.2, 0.25) is 0 Å². The highest BCUT2D eigenvalue weighted by molar-refractivity contribution is 5.99. The zero-order valence-corrected chi connectivity index (χ0v) is 19.3. The Bertz CT molecular complexity index is 1380. The average Bonchev–Trinajstić information content (AvgIpc) is 3.49. The van der Waals surface area contributed by atoms with Crippen molar-refractivity contribution in [2.75, 3.05) is 27.1 Å². The van der Waals surface area contributed by atoms with Crippen molar-refractivity contribution in [3.8, 4) is 34.3 Å². The Morgan fingerprint density at radius 3 is 2.43 bits per heavy atom. The Labute approximate surface area is 199 Å². The van der Waals surface area contributed by atoms with Gasteiger partial charge in [-0.25, -0.2) is 10.1 Å². The number of amides is 1. The molecule has 0 atom stereocenters. The lowest BCUT2D eigenvalue weighted by Gasteiger charge is -2.13. The lowest BCUT2D eigenvalue weighted by atomic mass is 10.1. The molecule has 0 saturated heterocycles. The minimum absolute atomic E-state index is 0.00575. The molecule has 0 bridgehead atoms. The van der Waals surface area contributed by atoms with Gasteiger partial charge in [-0.3, -0.25) is 4.79 Å². The van der Waals surface area contributed by atoms with E-state index < -0.39 is 5.91 Å². The number of nitrogen functional groups attached to an aromatic ring is 1. The van der Waals surface area contributed by atoms with E-state index in [4.69, 9.17) is 19.9 Å². The van der Waals surface area contributed by atoms with Gasteiger partial charge >= 0.3 is 0 Å². The van der Waals surface area contributed by atoms with Crippen LogP contribution in [-0.4, -0.2) is 58.8 Å². The summed E-state index contributed by atoms with van der Waals surface area (Å²) in [6.45, 7) is 1.95. The number of benzene rings is 2. The molecule has 2 aromatic carbocycles. The maximum Gasteiger partial charge on any atom is 0.294 e. The van der Waals surface area contributed by atoms with Crippen molar-refractivity contribution in [2.24, 2.45) is 5.10 Å². The van der Waals surface area contributed by atoms with Gasteiger partial charge in [0.1, 0.15) is 5.69 Å². The number of hydrazone groups is 1. The van der Waals surface area contributed by atoms with Crippen molar-refractivity contribution in [1.29, 1.82) is 0 Å². The Morgan fingerprint density at radius 1 is 1.06 bits per heavy atom. The molecule has 0 fully saturated rings. The zero-order chi connectivity index (χ0) is 24.9. The van der Waals surface area contributed by atoms with Crippen LogP contribution in [0, 0.1) is 6.92 Å². The Balaban J connectivity index is 1.67. The van der Waals surface area contributed by atoms with Crippen LogP contribution < -0.4 is 25.4 Å². The van der Waals surface area contributed by atoms with E-state index in [9.17, 15) is 4.79 Å². The number of nitrogens with two attached hydrogens (primary N) is 1. The van der Waals surface area contributed by atoms with Crippen LogP contribution in [-0.2, 0) is 0 Å². The number of hydrogen-bond donors (Lipinski definition) is 2. The van der Waals surface area contributed by atoms with Gasteiger partial charge in [-0.05, 0) is 29.4 Å². The average molecular weight is 478 g/mol. The van der Waals surface area contributed by atoms with Gasteiger partial charge < -0.3 is 19.9 Å². The molecule has 0 aliphatic heterocycles. The summed E-state index contributed by atoms with van der Waals surface area (Å²) in [5.74, 6) is 0.766. The van der Waals surface area contributed by atoms with Crippen LogP contribution in [0.4, 0.5) is 5.82 Å². The first kappa shape index (κ1) is 23.2. The lowest BCUT2D eigenvalue weighted by molar-refractivity contribution is 0.0950. The standard InChI is InChI=1S/C22H22N8O5/c1-12-5-7-13(8-6-12)17-16(25-29-30(17)21-20(23)27-35-28-21)22(31)26-24-11-14-9-10-15(32-2)19(34-4)18(14)33-3/h5-11H,1-4H3,(H2,23,27)(H,26,31)/b24-11+. The molecular formula is C22H22N8O5. The smallest absolute Gasteiger partial charge is 0.294 e. The molecule has 35 heavy (non-hydrogen) atoms. The molecule has 2 heterocycles. The van der Waals surface area contributed by atoms with E-state index in [1.165, 1.54) is 32.2 Å². The number of nitrogens with one attached hydrogen (secondary N) is 1. The molecule has 1 amide bonds. The second-order valence-electron chi connectivity index (χ2n) is 7.16. The minimum atomic E-state index is -0.613. The number of methoxy groups -OCH3 is 3. The van der Waals surface area contributed by atoms with E-state index in [0.717, 1.165) is 5.56 Å². The largest absolute Gasteiger partial charge is 0.493 e. The van der Waals surface area contributed by atoms with Gasteiger partial charge in [-0.1, -0.05) is 35.0 Å². The van der Waals surface area contributed by atoms with Crippen molar-refractivity contribution in [2.45, 2.75) is 6.92 Å². The van der Waals surface area contributed by atoms with E-state index in [1.807, 2.05) is 31.2 Å². The molecule has 0 radical (unpaired) electrons. The van der Waals surface area contributed by atoms with E-state index in [-0.39, 0.29) is 17.3 Å². The number of rotatable bonds is 8. The van der Waals surface area contributed by atoms with Crippen LogP contribution in [0.15, 0.2) is 46.1 Å². The molecule has 0 saturated carbocycles. The molecule has 13 nitrogen and oxygen atoms in total. The number of hydrogen-bond acceptors (Lipinski definition) is 11. The number of anilines is 1. The fourth-order valence-corrected chi connectivity index (χ4v) is 3.33. The SMILES string of the molecule is COc1ccc(/C=N/NC(=O)c2nnn(-c3nonc3N)c2-c2ccc(C)cc2)c(OC)c1OC. The second-order valence-corrected chi connectivity index (χ2v) is 7.16. The molecule has 4 aromatic rings. The van der Waals surface area contributed by atoms with Crippen LogP contribution in [0.3, 0.4) is 0 Å². The van der Waals surface area contributed by atoms with E-state index in [1.54, 1.807) is 12.1 Å². The van der Waals surface area contributed by atoms with Gasteiger partial charge in [0, 0.05) is 11.1 Å². The van der Waals surface area contributed by atoms with E-state index >= 15 is 0 Å². The third kappa shape index (κ3) is 4.46. The fraction of sp³-hybridized carbons (Fsp3) is 0.182. The minimum Gasteiger partial charge on any atom is -0.493 e. The van der Waals surface area contributed by atoms with Gasteiger partial charge in [0.15, 0.2) is 17.2 Å². The highest BCUT2D eigenvalue weighted by atomic mass is 16.6. The quantitative estimate of drug-likeness (QED) is 0.282. The van der Waals surface area contributed by atoms with Crippen molar-refractivity contribution in [3.63, 3.8) is 0 Å². The molecular weight excluding hydrogens is 456 g/mol. The molecule has 0 aliphatic rings. The van der Waals surface area contributed by atoms with E-state index in [0.29, 0.717) is 34.1 Å². The van der Waals surface area contributed by atoms with Gasteiger partial charge in [-0.2, -0.15) is 9.78 Å². The normalized spacial score (nSPS) is 11.0. The molecule has 0 unspecified atom stereocenters.